The maximum atomic E-state index is 12.9. The van der Waals surface area contributed by atoms with Crippen molar-refractivity contribution in [3.8, 4) is 0 Å². The molecule has 0 radical (unpaired) electrons. The number of carbonyl (C=O) groups is 1. The highest BCUT2D eigenvalue weighted by Crippen LogP contribution is 2.25. The van der Waals surface area contributed by atoms with Gasteiger partial charge in [-0.25, -0.2) is 8.42 Å². The van der Waals surface area contributed by atoms with Crippen molar-refractivity contribution in [2.45, 2.75) is 38.5 Å². The summed E-state index contributed by atoms with van der Waals surface area (Å²) in [4.78, 5) is 15.0. The summed E-state index contributed by atoms with van der Waals surface area (Å²) in [6.07, 6.45) is 2.14. The van der Waals surface area contributed by atoms with Crippen LogP contribution in [-0.4, -0.2) is 32.3 Å². The lowest BCUT2D eigenvalue weighted by Gasteiger charge is -2.31. The van der Waals surface area contributed by atoms with Crippen LogP contribution < -0.4 is 4.72 Å². The maximum Gasteiger partial charge on any atom is 0.261 e. The Morgan fingerprint density at radius 1 is 1.11 bits per heavy atom. The minimum absolute atomic E-state index is 0.0320. The van der Waals surface area contributed by atoms with E-state index in [0.29, 0.717) is 22.7 Å². The van der Waals surface area contributed by atoms with Gasteiger partial charge in [0, 0.05) is 18.7 Å². The van der Waals surface area contributed by atoms with Gasteiger partial charge in [-0.3, -0.25) is 9.52 Å². The standard InChI is InChI=1S/C21H26N2O3S/c1-15-9-11-18(12-10-15)27(25,26)22-20-8-4-7-19(17(20)3)21(24)23-13-5-6-16(2)14-23/h4,7-12,16,22H,5-6,13-14H2,1-3H3. The molecule has 2 aromatic rings. The first-order valence-corrected chi connectivity index (χ1v) is 10.7. The van der Waals surface area contributed by atoms with Crippen molar-refractivity contribution in [3.05, 3.63) is 59.2 Å². The van der Waals surface area contributed by atoms with Crippen molar-refractivity contribution in [2.24, 2.45) is 5.92 Å². The van der Waals surface area contributed by atoms with E-state index in [-0.39, 0.29) is 10.8 Å². The van der Waals surface area contributed by atoms with Crippen LogP contribution in [0.15, 0.2) is 47.4 Å². The lowest BCUT2D eigenvalue weighted by molar-refractivity contribution is 0.0682. The van der Waals surface area contributed by atoms with E-state index >= 15 is 0 Å². The summed E-state index contributed by atoms with van der Waals surface area (Å²) in [6.45, 7) is 7.34. The highest BCUT2D eigenvalue weighted by atomic mass is 32.2. The normalized spacial score (nSPS) is 17.6. The van der Waals surface area contributed by atoms with Crippen LogP contribution >= 0.6 is 0 Å². The molecule has 1 atom stereocenters. The highest BCUT2D eigenvalue weighted by molar-refractivity contribution is 7.92. The van der Waals surface area contributed by atoms with Crippen molar-refractivity contribution in [3.63, 3.8) is 0 Å². The zero-order chi connectivity index (χ0) is 19.6. The molecule has 0 spiro atoms. The Balaban J connectivity index is 1.86. The Bertz CT molecular complexity index is 936. The van der Waals surface area contributed by atoms with Gasteiger partial charge in [-0.05, 0) is 62.4 Å². The molecule has 1 heterocycles. The van der Waals surface area contributed by atoms with Gasteiger partial charge in [0.1, 0.15) is 0 Å². The number of piperidine rings is 1. The number of rotatable bonds is 4. The zero-order valence-electron chi connectivity index (χ0n) is 16.0. The number of sulfonamides is 1. The number of likely N-dealkylation sites (tertiary alicyclic amines) is 1. The maximum absolute atomic E-state index is 12.9. The quantitative estimate of drug-likeness (QED) is 0.864. The number of hydrogen-bond donors (Lipinski definition) is 1. The van der Waals surface area contributed by atoms with Crippen LogP contribution in [0.5, 0.6) is 0 Å². The molecular formula is C21H26N2O3S. The lowest BCUT2D eigenvalue weighted by Crippen LogP contribution is -2.39. The molecule has 0 aliphatic carbocycles. The summed E-state index contributed by atoms with van der Waals surface area (Å²) in [5, 5.41) is 0. The lowest BCUT2D eigenvalue weighted by atomic mass is 9.98. The summed E-state index contributed by atoms with van der Waals surface area (Å²) < 4.78 is 28.0. The van der Waals surface area contributed by atoms with Crippen molar-refractivity contribution >= 4 is 21.6 Å². The molecule has 3 rings (SSSR count). The smallest absolute Gasteiger partial charge is 0.261 e. The predicted octanol–water partition coefficient (Wildman–Crippen LogP) is 3.98. The van der Waals surface area contributed by atoms with E-state index in [9.17, 15) is 13.2 Å². The van der Waals surface area contributed by atoms with Crippen LogP contribution in [0.25, 0.3) is 0 Å². The van der Waals surface area contributed by atoms with Gasteiger partial charge in [-0.1, -0.05) is 30.7 Å². The highest BCUT2D eigenvalue weighted by Gasteiger charge is 2.24. The Kier molecular flexibility index (Phi) is 5.56. The molecule has 1 amide bonds. The number of hydrogen-bond acceptors (Lipinski definition) is 3. The molecule has 1 saturated heterocycles. The molecule has 6 heteroatoms. The molecule has 1 N–H and O–H groups in total. The van der Waals surface area contributed by atoms with Gasteiger partial charge >= 0.3 is 0 Å². The Labute approximate surface area is 161 Å². The fraction of sp³-hybridized carbons (Fsp3) is 0.381. The fourth-order valence-electron chi connectivity index (χ4n) is 3.44. The van der Waals surface area contributed by atoms with E-state index in [1.807, 2.05) is 11.8 Å². The monoisotopic (exact) mass is 386 g/mol. The molecule has 1 aliphatic heterocycles. The summed E-state index contributed by atoms with van der Waals surface area (Å²) in [7, 11) is -3.70. The number of nitrogens with zero attached hydrogens (tertiary/aromatic N) is 1. The van der Waals surface area contributed by atoms with Gasteiger partial charge in [-0.15, -0.1) is 0 Å². The van der Waals surface area contributed by atoms with Crippen molar-refractivity contribution < 1.29 is 13.2 Å². The van der Waals surface area contributed by atoms with E-state index < -0.39 is 10.0 Å². The van der Waals surface area contributed by atoms with Crippen LogP contribution in [0.3, 0.4) is 0 Å². The Morgan fingerprint density at radius 3 is 2.48 bits per heavy atom. The first-order chi connectivity index (χ1) is 12.8. The van der Waals surface area contributed by atoms with Crippen LogP contribution in [-0.2, 0) is 10.0 Å². The zero-order valence-corrected chi connectivity index (χ0v) is 16.8. The average Bonchev–Trinajstić information content (AvgIpc) is 2.63. The number of amides is 1. The fourth-order valence-corrected chi connectivity index (χ4v) is 4.57. The van der Waals surface area contributed by atoms with E-state index in [1.165, 1.54) is 0 Å². The second kappa shape index (κ2) is 7.72. The number of nitrogens with one attached hydrogen (secondary N) is 1. The molecule has 0 saturated carbocycles. The molecule has 2 aromatic carbocycles. The summed E-state index contributed by atoms with van der Waals surface area (Å²) in [5.41, 5.74) is 2.63. The Hall–Kier alpha value is -2.34. The number of anilines is 1. The second-order valence-electron chi connectivity index (χ2n) is 7.40. The van der Waals surface area contributed by atoms with Crippen LogP contribution in [0.4, 0.5) is 5.69 Å². The van der Waals surface area contributed by atoms with E-state index in [4.69, 9.17) is 0 Å². The van der Waals surface area contributed by atoms with Crippen LogP contribution in [0.1, 0.15) is 41.3 Å². The van der Waals surface area contributed by atoms with Gasteiger partial charge in [0.05, 0.1) is 10.6 Å². The molecule has 0 bridgehead atoms. The Morgan fingerprint density at radius 2 is 1.81 bits per heavy atom. The molecule has 1 aliphatic rings. The van der Waals surface area contributed by atoms with Crippen LogP contribution in [0.2, 0.25) is 0 Å². The SMILES string of the molecule is Cc1ccc(S(=O)(=O)Nc2cccc(C(=O)N3CCCC(C)C3)c2C)cc1. The van der Waals surface area contributed by atoms with Gasteiger partial charge < -0.3 is 4.90 Å². The first kappa shape index (κ1) is 19.4. The van der Waals surface area contributed by atoms with Gasteiger partial charge in [0.25, 0.3) is 15.9 Å². The van der Waals surface area contributed by atoms with Crippen molar-refractivity contribution in [1.82, 2.24) is 4.90 Å². The molecule has 1 unspecified atom stereocenters. The molecule has 1 fully saturated rings. The largest absolute Gasteiger partial charge is 0.338 e. The minimum atomic E-state index is -3.70. The second-order valence-corrected chi connectivity index (χ2v) is 9.08. The summed E-state index contributed by atoms with van der Waals surface area (Å²) in [5.74, 6) is 0.460. The third-order valence-corrected chi connectivity index (χ3v) is 6.47. The number of carbonyl (C=O) groups excluding carboxylic acids is 1. The van der Waals surface area contributed by atoms with E-state index in [0.717, 1.165) is 31.5 Å². The number of aryl methyl sites for hydroxylation is 1. The molecule has 0 aromatic heterocycles. The summed E-state index contributed by atoms with van der Waals surface area (Å²) >= 11 is 0. The average molecular weight is 387 g/mol. The third kappa shape index (κ3) is 4.33. The van der Waals surface area contributed by atoms with Gasteiger partial charge in [-0.2, -0.15) is 0 Å². The van der Waals surface area contributed by atoms with Gasteiger partial charge in [0.2, 0.25) is 0 Å². The van der Waals surface area contributed by atoms with Crippen LogP contribution in [0, 0.1) is 19.8 Å². The molecule has 27 heavy (non-hydrogen) atoms. The topological polar surface area (TPSA) is 66.5 Å². The van der Waals surface area contributed by atoms with Crippen molar-refractivity contribution in [2.75, 3.05) is 17.8 Å². The summed E-state index contributed by atoms with van der Waals surface area (Å²) in [6, 6.07) is 11.9. The van der Waals surface area contributed by atoms with E-state index in [1.54, 1.807) is 49.4 Å². The van der Waals surface area contributed by atoms with Crippen molar-refractivity contribution in [1.29, 1.82) is 0 Å². The van der Waals surface area contributed by atoms with E-state index in [2.05, 4.69) is 11.6 Å². The first-order valence-electron chi connectivity index (χ1n) is 9.26. The number of benzene rings is 2. The molecular weight excluding hydrogens is 360 g/mol. The third-order valence-electron chi connectivity index (χ3n) is 5.08. The van der Waals surface area contributed by atoms with Gasteiger partial charge in [0.15, 0.2) is 0 Å². The molecule has 144 valence electrons. The molecule has 5 nitrogen and oxygen atoms in total. The predicted molar refractivity (Wildman–Crippen MR) is 107 cm³/mol. The minimum Gasteiger partial charge on any atom is -0.338 e.